The van der Waals surface area contributed by atoms with Crippen molar-refractivity contribution in [2.24, 2.45) is 0 Å². The van der Waals surface area contributed by atoms with E-state index in [2.05, 4.69) is 13.8 Å². The third-order valence-corrected chi connectivity index (χ3v) is 4.90. The normalized spacial score (nSPS) is 11.8. The molecule has 2 aromatic carbocycles. The molecule has 0 aliphatic carbocycles. The number of nitrogens with zero attached hydrogens (tertiary/aromatic N) is 2. The van der Waals surface area contributed by atoms with E-state index in [0.717, 1.165) is 42.7 Å². The van der Waals surface area contributed by atoms with E-state index >= 15 is 0 Å². The Hall–Kier alpha value is -3.01. The molecule has 0 N–H and O–H groups in total. The number of aromatic nitrogens is 1. The summed E-state index contributed by atoms with van der Waals surface area (Å²) in [5.41, 5.74) is 2.95. The van der Waals surface area contributed by atoms with E-state index in [1.54, 1.807) is 0 Å². The van der Waals surface area contributed by atoms with E-state index in [-0.39, 0.29) is 5.91 Å². The van der Waals surface area contributed by atoms with Gasteiger partial charge in [-0.05, 0) is 44.0 Å². The molecule has 3 rings (SSSR count). The molecule has 1 atom stereocenters. The van der Waals surface area contributed by atoms with Gasteiger partial charge in [0.2, 0.25) is 6.10 Å². The Bertz CT molecular complexity index is 895. The van der Waals surface area contributed by atoms with Crippen molar-refractivity contribution in [1.29, 1.82) is 0 Å². The van der Waals surface area contributed by atoms with E-state index in [4.69, 9.17) is 4.74 Å². The van der Waals surface area contributed by atoms with E-state index in [1.807, 2.05) is 89.4 Å². The molecule has 0 fully saturated rings. The van der Waals surface area contributed by atoms with Crippen molar-refractivity contribution in [3.8, 4) is 11.4 Å². The highest BCUT2D eigenvalue weighted by atomic mass is 16.5. The number of hydrogen-bond acceptors (Lipinski definition) is 2. The van der Waals surface area contributed by atoms with Crippen LogP contribution < -0.4 is 4.74 Å². The fourth-order valence-corrected chi connectivity index (χ4v) is 3.43. The molecule has 0 radical (unpaired) electrons. The third-order valence-electron chi connectivity index (χ3n) is 4.90. The molecule has 4 nitrogen and oxygen atoms in total. The molecule has 1 heterocycles. The SMILES string of the molecule is CCCN(CCC)C(=O)C(Oc1ccccc1-n1cccc1)c1ccc(C)cc1. The van der Waals surface area contributed by atoms with Crippen molar-refractivity contribution in [2.75, 3.05) is 13.1 Å². The molecule has 1 unspecified atom stereocenters. The maximum absolute atomic E-state index is 13.5. The van der Waals surface area contributed by atoms with Gasteiger partial charge in [0.15, 0.2) is 0 Å². The van der Waals surface area contributed by atoms with Crippen molar-refractivity contribution >= 4 is 5.91 Å². The molecular weight excluding hydrogens is 360 g/mol. The number of ether oxygens (including phenoxy) is 1. The molecule has 0 saturated carbocycles. The first-order valence-corrected chi connectivity index (χ1v) is 10.4. The first kappa shape index (κ1) is 20.7. The van der Waals surface area contributed by atoms with Gasteiger partial charge >= 0.3 is 0 Å². The molecule has 152 valence electrons. The number of rotatable bonds is 9. The van der Waals surface area contributed by atoms with Crippen LogP contribution in [0.3, 0.4) is 0 Å². The minimum atomic E-state index is -0.676. The van der Waals surface area contributed by atoms with Crippen molar-refractivity contribution in [3.05, 3.63) is 84.2 Å². The molecule has 0 spiro atoms. The Balaban J connectivity index is 1.98. The fraction of sp³-hybridized carbons (Fsp3) is 0.320. The van der Waals surface area contributed by atoms with Gasteiger partial charge in [-0.25, -0.2) is 0 Å². The molecule has 1 aromatic heterocycles. The van der Waals surface area contributed by atoms with Crippen LogP contribution in [0.1, 0.15) is 43.9 Å². The van der Waals surface area contributed by atoms with Crippen LogP contribution in [-0.4, -0.2) is 28.5 Å². The molecule has 1 amide bonds. The van der Waals surface area contributed by atoms with E-state index in [1.165, 1.54) is 0 Å². The summed E-state index contributed by atoms with van der Waals surface area (Å²) in [5, 5.41) is 0. The van der Waals surface area contributed by atoms with Gasteiger partial charge in [0, 0.05) is 31.0 Å². The number of para-hydroxylation sites is 2. The summed E-state index contributed by atoms with van der Waals surface area (Å²) >= 11 is 0. The van der Waals surface area contributed by atoms with Crippen LogP contribution in [0, 0.1) is 6.92 Å². The minimum absolute atomic E-state index is 0.0138. The van der Waals surface area contributed by atoms with Gasteiger partial charge in [-0.2, -0.15) is 0 Å². The summed E-state index contributed by atoms with van der Waals surface area (Å²) in [6.07, 6.45) is 5.13. The van der Waals surface area contributed by atoms with Gasteiger partial charge in [0.05, 0.1) is 5.69 Å². The van der Waals surface area contributed by atoms with Gasteiger partial charge in [0.1, 0.15) is 5.75 Å². The second-order valence-electron chi connectivity index (χ2n) is 7.29. The van der Waals surface area contributed by atoms with Crippen LogP contribution in [0.4, 0.5) is 0 Å². The summed E-state index contributed by atoms with van der Waals surface area (Å²) < 4.78 is 8.42. The van der Waals surface area contributed by atoms with Crippen LogP contribution >= 0.6 is 0 Å². The summed E-state index contributed by atoms with van der Waals surface area (Å²) in [7, 11) is 0. The number of carbonyl (C=O) groups is 1. The maximum atomic E-state index is 13.5. The Labute approximate surface area is 173 Å². The lowest BCUT2D eigenvalue weighted by molar-refractivity contribution is -0.139. The van der Waals surface area contributed by atoms with Crippen molar-refractivity contribution < 1.29 is 9.53 Å². The highest BCUT2D eigenvalue weighted by molar-refractivity contribution is 5.83. The largest absolute Gasteiger partial charge is 0.474 e. The first-order chi connectivity index (χ1) is 14.1. The summed E-state index contributed by atoms with van der Waals surface area (Å²) in [6, 6.07) is 19.8. The number of carbonyl (C=O) groups excluding carboxylic acids is 1. The molecule has 3 aromatic rings. The Kier molecular flexibility index (Phi) is 7.12. The highest BCUT2D eigenvalue weighted by Crippen LogP contribution is 2.30. The van der Waals surface area contributed by atoms with Gasteiger partial charge in [-0.1, -0.05) is 55.8 Å². The summed E-state index contributed by atoms with van der Waals surface area (Å²) in [4.78, 5) is 15.4. The molecule has 29 heavy (non-hydrogen) atoms. The molecule has 0 saturated heterocycles. The molecular formula is C25H30N2O2. The lowest BCUT2D eigenvalue weighted by Crippen LogP contribution is -2.38. The quantitative estimate of drug-likeness (QED) is 0.480. The zero-order valence-electron chi connectivity index (χ0n) is 17.5. The van der Waals surface area contributed by atoms with Gasteiger partial charge in [-0.15, -0.1) is 0 Å². The van der Waals surface area contributed by atoms with Crippen molar-refractivity contribution in [1.82, 2.24) is 9.47 Å². The number of hydrogen-bond donors (Lipinski definition) is 0. The minimum Gasteiger partial charge on any atom is -0.474 e. The second kappa shape index (κ2) is 9.97. The predicted octanol–water partition coefficient (Wildman–Crippen LogP) is 5.55. The molecule has 4 heteroatoms. The lowest BCUT2D eigenvalue weighted by Gasteiger charge is -2.28. The van der Waals surface area contributed by atoms with E-state index < -0.39 is 6.10 Å². The summed E-state index contributed by atoms with van der Waals surface area (Å²) in [6.45, 7) is 7.70. The Morgan fingerprint density at radius 2 is 1.55 bits per heavy atom. The number of benzene rings is 2. The molecule has 0 bridgehead atoms. The predicted molar refractivity (Wildman–Crippen MR) is 117 cm³/mol. The van der Waals surface area contributed by atoms with Crippen LogP contribution in [0.25, 0.3) is 5.69 Å². The highest BCUT2D eigenvalue weighted by Gasteiger charge is 2.28. The van der Waals surface area contributed by atoms with Gasteiger partial charge in [0.25, 0.3) is 5.91 Å². The average molecular weight is 391 g/mol. The number of amides is 1. The van der Waals surface area contributed by atoms with E-state index in [0.29, 0.717) is 5.75 Å². The summed E-state index contributed by atoms with van der Waals surface area (Å²) in [5.74, 6) is 0.704. The smallest absolute Gasteiger partial charge is 0.268 e. The number of aryl methyl sites for hydroxylation is 1. The van der Waals surface area contributed by atoms with Crippen molar-refractivity contribution in [3.63, 3.8) is 0 Å². The van der Waals surface area contributed by atoms with Crippen molar-refractivity contribution in [2.45, 2.75) is 39.7 Å². The average Bonchev–Trinajstić information content (AvgIpc) is 3.27. The standard InChI is InChI=1S/C25H30N2O2/c1-4-16-27(17-5-2)25(28)24(21-14-12-20(3)13-15-21)29-23-11-7-6-10-22(23)26-18-8-9-19-26/h6-15,18-19,24H,4-5,16-17H2,1-3H3. The zero-order valence-corrected chi connectivity index (χ0v) is 17.5. The van der Waals surface area contributed by atoms with E-state index in [9.17, 15) is 4.79 Å². The topological polar surface area (TPSA) is 34.5 Å². The lowest BCUT2D eigenvalue weighted by atomic mass is 10.1. The van der Waals surface area contributed by atoms with Gasteiger partial charge in [-0.3, -0.25) is 4.79 Å². The van der Waals surface area contributed by atoms with Crippen LogP contribution in [0.5, 0.6) is 5.75 Å². The van der Waals surface area contributed by atoms with Crippen LogP contribution in [-0.2, 0) is 4.79 Å². The fourth-order valence-electron chi connectivity index (χ4n) is 3.43. The Morgan fingerprint density at radius 1 is 0.931 bits per heavy atom. The first-order valence-electron chi connectivity index (χ1n) is 10.4. The second-order valence-corrected chi connectivity index (χ2v) is 7.29. The molecule has 0 aliphatic heterocycles. The van der Waals surface area contributed by atoms with Crippen LogP contribution in [0.2, 0.25) is 0 Å². The third kappa shape index (κ3) is 5.08. The van der Waals surface area contributed by atoms with Gasteiger partial charge < -0.3 is 14.2 Å². The maximum Gasteiger partial charge on any atom is 0.268 e. The Morgan fingerprint density at radius 3 is 2.17 bits per heavy atom. The monoisotopic (exact) mass is 390 g/mol. The zero-order chi connectivity index (χ0) is 20.6. The molecule has 0 aliphatic rings. The van der Waals surface area contributed by atoms with Crippen LogP contribution in [0.15, 0.2) is 73.1 Å².